The normalized spacial score (nSPS) is 24.5. The average Bonchev–Trinajstić information content (AvgIpc) is 3.10. The molecule has 2 unspecified atom stereocenters. The van der Waals surface area contributed by atoms with E-state index in [4.69, 9.17) is 4.52 Å². The van der Waals surface area contributed by atoms with Gasteiger partial charge in [-0.3, -0.25) is 4.79 Å². The number of hydrogen-bond acceptors (Lipinski definition) is 4. The van der Waals surface area contributed by atoms with Gasteiger partial charge in [0, 0.05) is 24.9 Å². The zero-order valence-electron chi connectivity index (χ0n) is 16.3. The van der Waals surface area contributed by atoms with Crippen LogP contribution in [0.1, 0.15) is 76.2 Å². The third kappa shape index (κ3) is 5.83. The van der Waals surface area contributed by atoms with Gasteiger partial charge in [0.2, 0.25) is 5.91 Å². The van der Waals surface area contributed by atoms with Gasteiger partial charge >= 0.3 is 0 Å². The van der Waals surface area contributed by atoms with Crippen molar-refractivity contribution in [2.45, 2.75) is 83.6 Å². The second-order valence-electron chi connectivity index (χ2n) is 8.21. The van der Waals surface area contributed by atoms with Crippen LogP contribution in [-0.4, -0.2) is 30.2 Å². The maximum atomic E-state index is 12.5. The Morgan fingerprint density at radius 3 is 2.92 bits per heavy atom. The molecule has 1 saturated heterocycles. The quantitative estimate of drug-likeness (QED) is 0.742. The summed E-state index contributed by atoms with van der Waals surface area (Å²) in [5, 5.41) is 11.0. The number of nitrogens with one attached hydrogen (secondary N) is 2. The summed E-state index contributed by atoms with van der Waals surface area (Å²) in [5.74, 6) is 2.15. The van der Waals surface area contributed by atoms with Gasteiger partial charge in [-0.25, -0.2) is 0 Å². The van der Waals surface area contributed by atoms with Crippen LogP contribution < -0.4 is 10.6 Å². The molecular formula is C21H35N3O2. The summed E-state index contributed by atoms with van der Waals surface area (Å²) in [6.45, 7) is 4.17. The number of nitrogens with zero attached hydrogens (tertiary/aromatic N) is 1. The summed E-state index contributed by atoms with van der Waals surface area (Å²) in [4.78, 5) is 12.5. The Bertz CT molecular complexity index is 551. The number of rotatable bonds is 8. The van der Waals surface area contributed by atoms with E-state index in [2.05, 4.69) is 28.8 Å². The SMILES string of the molecule is CCCCc1cc(CC2CNCCC2CC(=O)NC2CCCCC2)no1. The Kier molecular flexibility index (Phi) is 7.54. The van der Waals surface area contributed by atoms with Gasteiger partial charge in [-0.05, 0) is 57.0 Å². The summed E-state index contributed by atoms with van der Waals surface area (Å²) in [6.07, 6.45) is 12.1. The highest BCUT2D eigenvalue weighted by Gasteiger charge is 2.29. The number of carbonyl (C=O) groups is 1. The van der Waals surface area contributed by atoms with Crippen molar-refractivity contribution in [3.05, 3.63) is 17.5 Å². The molecule has 2 aliphatic rings. The molecule has 3 rings (SSSR count). The summed E-state index contributed by atoms with van der Waals surface area (Å²) in [6, 6.07) is 2.52. The first-order valence-corrected chi connectivity index (χ1v) is 10.7. The van der Waals surface area contributed by atoms with Crippen molar-refractivity contribution in [1.82, 2.24) is 15.8 Å². The van der Waals surface area contributed by atoms with Crippen LogP contribution in [-0.2, 0) is 17.6 Å². The molecule has 1 aromatic heterocycles. The molecule has 1 aliphatic carbocycles. The molecule has 2 fully saturated rings. The molecule has 1 aromatic rings. The Morgan fingerprint density at radius 2 is 2.12 bits per heavy atom. The molecule has 0 radical (unpaired) electrons. The van der Waals surface area contributed by atoms with Crippen LogP contribution in [0.5, 0.6) is 0 Å². The fraction of sp³-hybridized carbons (Fsp3) is 0.810. The van der Waals surface area contributed by atoms with Crippen molar-refractivity contribution in [2.24, 2.45) is 11.8 Å². The maximum absolute atomic E-state index is 12.5. The minimum Gasteiger partial charge on any atom is -0.361 e. The Balaban J connectivity index is 1.50. The lowest BCUT2D eigenvalue weighted by Gasteiger charge is -2.32. The van der Waals surface area contributed by atoms with E-state index in [0.717, 1.165) is 63.1 Å². The van der Waals surface area contributed by atoms with E-state index in [1.165, 1.54) is 25.7 Å². The standard InChI is InChI=1S/C21H35N3O2/c1-2-3-9-20-14-19(24-26-20)12-17-15-22-11-10-16(17)13-21(25)23-18-7-5-4-6-8-18/h14,16-18,22H,2-13,15H2,1H3,(H,23,25). The first-order chi connectivity index (χ1) is 12.7. The summed E-state index contributed by atoms with van der Waals surface area (Å²) in [7, 11) is 0. The predicted molar refractivity (Wildman–Crippen MR) is 103 cm³/mol. The topological polar surface area (TPSA) is 67.2 Å². The van der Waals surface area contributed by atoms with E-state index in [1.807, 2.05) is 0 Å². The van der Waals surface area contributed by atoms with Crippen molar-refractivity contribution in [3.8, 4) is 0 Å². The molecule has 0 bridgehead atoms. The van der Waals surface area contributed by atoms with Crippen LogP contribution in [0.15, 0.2) is 10.6 Å². The summed E-state index contributed by atoms with van der Waals surface area (Å²) in [5.41, 5.74) is 1.04. The molecule has 2 atom stereocenters. The molecule has 0 spiro atoms. The van der Waals surface area contributed by atoms with E-state index >= 15 is 0 Å². The summed E-state index contributed by atoms with van der Waals surface area (Å²) >= 11 is 0. The molecule has 5 heteroatoms. The molecule has 1 saturated carbocycles. The van der Waals surface area contributed by atoms with Crippen molar-refractivity contribution in [2.75, 3.05) is 13.1 Å². The third-order valence-corrected chi connectivity index (χ3v) is 6.04. The van der Waals surface area contributed by atoms with E-state index in [1.54, 1.807) is 0 Å². The predicted octanol–water partition coefficient (Wildman–Crippen LogP) is 3.62. The molecular weight excluding hydrogens is 326 g/mol. The van der Waals surface area contributed by atoms with Crippen molar-refractivity contribution in [3.63, 3.8) is 0 Å². The molecule has 26 heavy (non-hydrogen) atoms. The third-order valence-electron chi connectivity index (χ3n) is 6.04. The fourth-order valence-electron chi connectivity index (χ4n) is 4.45. The van der Waals surface area contributed by atoms with Gasteiger partial charge < -0.3 is 15.2 Å². The maximum Gasteiger partial charge on any atom is 0.220 e. The minimum absolute atomic E-state index is 0.248. The Morgan fingerprint density at radius 1 is 1.27 bits per heavy atom. The highest BCUT2D eigenvalue weighted by molar-refractivity contribution is 5.76. The largest absolute Gasteiger partial charge is 0.361 e. The van der Waals surface area contributed by atoms with Gasteiger partial charge in [0.15, 0.2) is 0 Å². The highest BCUT2D eigenvalue weighted by atomic mass is 16.5. The zero-order valence-corrected chi connectivity index (χ0v) is 16.3. The zero-order chi connectivity index (χ0) is 18.2. The number of aryl methyl sites for hydroxylation is 1. The van der Waals surface area contributed by atoms with Crippen LogP contribution in [0.25, 0.3) is 0 Å². The van der Waals surface area contributed by atoms with E-state index < -0.39 is 0 Å². The minimum atomic E-state index is 0.248. The number of hydrogen-bond donors (Lipinski definition) is 2. The van der Waals surface area contributed by atoms with Crippen molar-refractivity contribution < 1.29 is 9.32 Å². The van der Waals surface area contributed by atoms with Crippen LogP contribution in [0.4, 0.5) is 0 Å². The molecule has 1 amide bonds. The second kappa shape index (κ2) is 10.1. The average molecular weight is 362 g/mol. The lowest BCUT2D eigenvalue weighted by Crippen LogP contribution is -2.42. The Labute approximate surface area is 157 Å². The first kappa shape index (κ1) is 19.4. The molecule has 2 heterocycles. The van der Waals surface area contributed by atoms with E-state index in [-0.39, 0.29) is 5.91 Å². The Hall–Kier alpha value is -1.36. The van der Waals surface area contributed by atoms with E-state index in [0.29, 0.717) is 24.3 Å². The van der Waals surface area contributed by atoms with Crippen LogP contribution in [0.2, 0.25) is 0 Å². The van der Waals surface area contributed by atoms with E-state index in [9.17, 15) is 4.79 Å². The number of amides is 1. The van der Waals surface area contributed by atoms with Crippen LogP contribution >= 0.6 is 0 Å². The number of unbranched alkanes of at least 4 members (excludes halogenated alkanes) is 1. The van der Waals surface area contributed by atoms with Gasteiger partial charge in [0.1, 0.15) is 5.76 Å². The number of carbonyl (C=O) groups excluding carboxylic acids is 1. The lowest BCUT2D eigenvalue weighted by atomic mass is 9.81. The van der Waals surface area contributed by atoms with Crippen molar-refractivity contribution in [1.29, 1.82) is 0 Å². The van der Waals surface area contributed by atoms with Gasteiger partial charge in [-0.15, -0.1) is 0 Å². The number of aromatic nitrogens is 1. The molecule has 2 N–H and O–H groups in total. The second-order valence-corrected chi connectivity index (χ2v) is 8.21. The lowest BCUT2D eigenvalue weighted by molar-refractivity contribution is -0.123. The van der Waals surface area contributed by atoms with Crippen LogP contribution in [0, 0.1) is 11.8 Å². The summed E-state index contributed by atoms with van der Waals surface area (Å²) < 4.78 is 5.48. The molecule has 5 nitrogen and oxygen atoms in total. The van der Waals surface area contributed by atoms with Gasteiger partial charge in [-0.1, -0.05) is 37.8 Å². The molecule has 1 aliphatic heterocycles. The van der Waals surface area contributed by atoms with Gasteiger partial charge in [0.25, 0.3) is 0 Å². The van der Waals surface area contributed by atoms with Crippen LogP contribution in [0.3, 0.4) is 0 Å². The first-order valence-electron chi connectivity index (χ1n) is 10.7. The smallest absolute Gasteiger partial charge is 0.220 e. The van der Waals surface area contributed by atoms with Gasteiger partial charge in [-0.2, -0.15) is 0 Å². The monoisotopic (exact) mass is 361 g/mol. The fourth-order valence-corrected chi connectivity index (χ4v) is 4.45. The number of piperidine rings is 1. The van der Waals surface area contributed by atoms with Gasteiger partial charge in [0.05, 0.1) is 5.69 Å². The van der Waals surface area contributed by atoms with Crippen molar-refractivity contribution >= 4 is 5.91 Å². The molecule has 0 aromatic carbocycles. The molecule has 146 valence electrons. The highest BCUT2D eigenvalue weighted by Crippen LogP contribution is 2.27.